The first kappa shape index (κ1) is 30.6. The van der Waals surface area contributed by atoms with E-state index in [4.69, 9.17) is 10.5 Å². The summed E-state index contributed by atoms with van der Waals surface area (Å²) in [5, 5.41) is 16.5. The van der Waals surface area contributed by atoms with E-state index in [1.165, 1.54) is 6.92 Å². The minimum atomic E-state index is -1.39. The number of esters is 1. The normalized spacial score (nSPS) is 13.1. The van der Waals surface area contributed by atoms with E-state index in [2.05, 4.69) is 22.9 Å². The first-order valence-corrected chi connectivity index (χ1v) is 12.2. The van der Waals surface area contributed by atoms with Crippen molar-refractivity contribution in [3.8, 4) is 0 Å². The summed E-state index contributed by atoms with van der Waals surface area (Å²) in [5.41, 5.74) is 6.22. The number of hydrogen-bond acceptors (Lipinski definition) is 7. The number of aliphatic hydroxyl groups excluding tert-OH is 1. The van der Waals surface area contributed by atoms with Crippen LogP contribution in [0.5, 0.6) is 0 Å². The predicted molar refractivity (Wildman–Crippen MR) is 132 cm³/mol. The number of nitrogens with two attached hydrogens (primary N) is 1. The molecule has 0 fully saturated rings. The van der Waals surface area contributed by atoms with Crippen molar-refractivity contribution >= 4 is 29.6 Å². The van der Waals surface area contributed by atoms with Crippen molar-refractivity contribution < 1.29 is 33.8 Å². The maximum absolute atomic E-state index is 13.0. The van der Waals surface area contributed by atoms with Crippen LogP contribution in [0.4, 0.5) is 0 Å². The van der Waals surface area contributed by atoms with Gasteiger partial charge in [0.2, 0.25) is 23.6 Å². The summed E-state index contributed by atoms with van der Waals surface area (Å²) in [7, 11) is 0. The van der Waals surface area contributed by atoms with Crippen molar-refractivity contribution in [2.45, 2.75) is 76.9 Å². The smallest absolute Gasteiger partial charge is 0.305 e. The molecule has 1 aromatic rings. The van der Waals surface area contributed by atoms with Crippen LogP contribution in [0, 0.1) is 0 Å². The minimum Gasteiger partial charge on any atom is -0.463 e. The number of ether oxygens (including phenoxy) is 1. The lowest BCUT2D eigenvalue weighted by Crippen LogP contribution is -2.58. The monoisotopic (exact) mass is 506 g/mol. The number of rotatable bonds is 17. The van der Waals surface area contributed by atoms with Gasteiger partial charge in [0, 0.05) is 19.8 Å². The lowest BCUT2D eigenvalue weighted by molar-refractivity contribution is -0.147. The molecular formula is C25H38N4O7. The summed E-state index contributed by atoms with van der Waals surface area (Å²) in [5.74, 6) is -3.54. The Labute approximate surface area is 211 Å². The summed E-state index contributed by atoms with van der Waals surface area (Å²) in [6.07, 6.45) is 4.95. The zero-order chi connectivity index (χ0) is 26.9. The van der Waals surface area contributed by atoms with Crippen molar-refractivity contribution in [2.75, 3.05) is 13.2 Å². The summed E-state index contributed by atoms with van der Waals surface area (Å²) >= 11 is 0. The molecule has 4 amide bonds. The van der Waals surface area contributed by atoms with Gasteiger partial charge >= 0.3 is 5.97 Å². The number of nitrogens with one attached hydrogen (secondary N) is 3. The van der Waals surface area contributed by atoms with Gasteiger partial charge < -0.3 is 31.5 Å². The third-order valence-electron chi connectivity index (χ3n) is 5.35. The van der Waals surface area contributed by atoms with Crippen LogP contribution >= 0.6 is 0 Å². The van der Waals surface area contributed by atoms with Crippen molar-refractivity contribution in [3.05, 3.63) is 35.9 Å². The molecule has 0 aliphatic heterocycles. The molecule has 1 aromatic carbocycles. The van der Waals surface area contributed by atoms with Gasteiger partial charge in [-0.05, 0) is 12.0 Å². The molecule has 11 heteroatoms. The van der Waals surface area contributed by atoms with Crippen LogP contribution in [0.3, 0.4) is 0 Å². The Morgan fingerprint density at radius 1 is 0.889 bits per heavy atom. The molecular weight excluding hydrogens is 468 g/mol. The van der Waals surface area contributed by atoms with Gasteiger partial charge in [-0.1, -0.05) is 62.9 Å². The molecule has 0 aliphatic rings. The molecule has 0 bridgehead atoms. The molecule has 200 valence electrons. The third-order valence-corrected chi connectivity index (χ3v) is 5.35. The van der Waals surface area contributed by atoms with Crippen LogP contribution in [0.1, 0.15) is 57.9 Å². The Morgan fingerprint density at radius 3 is 2.08 bits per heavy atom. The van der Waals surface area contributed by atoms with Gasteiger partial charge in [0.1, 0.15) is 24.7 Å². The Kier molecular flexibility index (Phi) is 14.5. The highest BCUT2D eigenvalue weighted by Crippen LogP contribution is 2.07. The Balaban J connectivity index is 2.87. The molecule has 0 aliphatic carbocycles. The zero-order valence-electron chi connectivity index (χ0n) is 21.0. The number of unbranched alkanes of at least 4 members (excludes halogenated alkanes) is 4. The van der Waals surface area contributed by atoms with Gasteiger partial charge in [0.15, 0.2) is 0 Å². The fourth-order valence-corrected chi connectivity index (χ4v) is 3.36. The van der Waals surface area contributed by atoms with Gasteiger partial charge in [0.25, 0.3) is 0 Å². The molecule has 0 heterocycles. The largest absolute Gasteiger partial charge is 0.463 e. The highest BCUT2D eigenvalue weighted by Gasteiger charge is 2.29. The first-order valence-electron chi connectivity index (χ1n) is 12.2. The van der Waals surface area contributed by atoms with E-state index >= 15 is 0 Å². The molecule has 11 nitrogen and oxygen atoms in total. The second-order valence-electron chi connectivity index (χ2n) is 8.50. The van der Waals surface area contributed by atoms with Gasteiger partial charge in [-0.25, -0.2) is 0 Å². The SMILES string of the molecule is CCCCCCCC(=O)OC[C@H](NC(=O)[C@H](CO)NC(C)=O)C(=O)N[C@@H](Cc1ccccc1)C(N)=O. The topological polar surface area (TPSA) is 177 Å². The molecule has 6 N–H and O–H groups in total. The van der Waals surface area contributed by atoms with Crippen molar-refractivity contribution in [1.29, 1.82) is 0 Å². The molecule has 3 atom stereocenters. The van der Waals surface area contributed by atoms with Gasteiger partial charge in [-0.3, -0.25) is 24.0 Å². The fourth-order valence-electron chi connectivity index (χ4n) is 3.36. The maximum atomic E-state index is 13.0. The quantitative estimate of drug-likeness (QED) is 0.147. The average molecular weight is 507 g/mol. The standard InChI is InChI=1S/C25H38N4O7/c1-3-4-5-6-10-13-22(32)36-16-21(29-24(34)20(15-30)27-17(2)31)25(35)28-19(23(26)33)14-18-11-8-7-9-12-18/h7-9,11-12,19-21,30H,3-6,10,13-16H2,1-2H3,(H2,26,33)(H,27,31)(H,28,35)(H,29,34)/t19-,20-,21-/m0/s1. The summed E-state index contributed by atoms with van der Waals surface area (Å²) in [6.45, 7) is 2.04. The average Bonchev–Trinajstić information content (AvgIpc) is 2.84. The molecule has 0 unspecified atom stereocenters. The van der Waals surface area contributed by atoms with E-state index < -0.39 is 60.9 Å². The van der Waals surface area contributed by atoms with E-state index in [0.29, 0.717) is 6.42 Å². The van der Waals surface area contributed by atoms with Gasteiger partial charge in [-0.15, -0.1) is 0 Å². The number of amides is 4. The van der Waals surface area contributed by atoms with Crippen LogP contribution in [-0.2, 0) is 35.1 Å². The lowest BCUT2D eigenvalue weighted by atomic mass is 10.0. The van der Waals surface area contributed by atoms with Gasteiger partial charge in [-0.2, -0.15) is 0 Å². The summed E-state index contributed by atoms with van der Waals surface area (Å²) in [4.78, 5) is 61.0. The summed E-state index contributed by atoms with van der Waals surface area (Å²) < 4.78 is 5.21. The number of carbonyl (C=O) groups excluding carboxylic acids is 5. The van der Waals surface area contributed by atoms with Crippen LogP contribution in [0.2, 0.25) is 0 Å². The number of primary amides is 1. The van der Waals surface area contributed by atoms with Crippen molar-refractivity contribution in [1.82, 2.24) is 16.0 Å². The minimum absolute atomic E-state index is 0.116. The number of benzene rings is 1. The lowest BCUT2D eigenvalue weighted by Gasteiger charge is -2.24. The molecule has 0 saturated carbocycles. The number of hydrogen-bond donors (Lipinski definition) is 5. The molecule has 0 aromatic heterocycles. The van der Waals surface area contributed by atoms with Crippen molar-refractivity contribution in [3.63, 3.8) is 0 Å². The van der Waals surface area contributed by atoms with E-state index in [-0.39, 0.29) is 12.8 Å². The molecule has 0 radical (unpaired) electrons. The molecule has 36 heavy (non-hydrogen) atoms. The van der Waals surface area contributed by atoms with Crippen LogP contribution in [-0.4, -0.2) is 66.0 Å². The van der Waals surface area contributed by atoms with E-state index in [1.54, 1.807) is 30.3 Å². The van der Waals surface area contributed by atoms with E-state index in [0.717, 1.165) is 31.2 Å². The zero-order valence-corrected chi connectivity index (χ0v) is 21.0. The van der Waals surface area contributed by atoms with Gasteiger partial charge in [0.05, 0.1) is 6.61 Å². The molecule has 0 spiro atoms. The number of aliphatic hydroxyl groups is 1. The molecule has 1 rings (SSSR count). The summed E-state index contributed by atoms with van der Waals surface area (Å²) in [6, 6.07) is 5.10. The van der Waals surface area contributed by atoms with E-state index in [9.17, 15) is 29.1 Å². The third kappa shape index (κ3) is 12.3. The maximum Gasteiger partial charge on any atom is 0.305 e. The first-order chi connectivity index (χ1) is 17.2. The highest BCUT2D eigenvalue weighted by molar-refractivity contribution is 5.94. The van der Waals surface area contributed by atoms with Crippen LogP contribution in [0.15, 0.2) is 30.3 Å². The van der Waals surface area contributed by atoms with Crippen molar-refractivity contribution in [2.24, 2.45) is 5.73 Å². The Hall–Kier alpha value is -3.47. The highest BCUT2D eigenvalue weighted by atomic mass is 16.5. The predicted octanol–water partition coefficient (Wildman–Crippen LogP) is 0.0847. The second-order valence-corrected chi connectivity index (χ2v) is 8.50. The van der Waals surface area contributed by atoms with Crippen LogP contribution in [0.25, 0.3) is 0 Å². The Morgan fingerprint density at radius 2 is 1.50 bits per heavy atom. The fraction of sp³-hybridized carbons (Fsp3) is 0.560. The molecule has 0 saturated heterocycles. The number of carbonyl (C=O) groups is 5. The van der Waals surface area contributed by atoms with Crippen LogP contribution < -0.4 is 21.7 Å². The Bertz CT molecular complexity index is 863. The van der Waals surface area contributed by atoms with E-state index in [1.807, 2.05) is 0 Å². The second kappa shape index (κ2) is 17.0.